The van der Waals surface area contributed by atoms with E-state index in [-0.39, 0.29) is 0 Å². The number of ether oxygens (including phenoxy) is 1. The Morgan fingerprint density at radius 2 is 2.18 bits per heavy atom. The quantitative estimate of drug-likeness (QED) is 0.681. The predicted octanol–water partition coefficient (Wildman–Crippen LogP) is 1.71. The van der Waals surface area contributed by atoms with Gasteiger partial charge in [-0.15, -0.1) is 0 Å². The van der Waals surface area contributed by atoms with Crippen LogP contribution in [0.15, 0.2) is 30.8 Å². The Kier molecular flexibility index (Phi) is 6.19. The van der Waals surface area contributed by atoms with Gasteiger partial charge in [-0.3, -0.25) is 0 Å². The van der Waals surface area contributed by atoms with E-state index in [1.54, 1.807) is 0 Å². The minimum absolute atomic E-state index is 0.660. The standard InChI is InChI=1S/C14H22NOSi/c1-5-13-8-7-9-14(10-13)17(11-15(3)4)12-16-6-2/h5,7-10H,1,6,11-12H2,2-4H3. The highest BCUT2D eigenvalue weighted by atomic mass is 28.3. The van der Waals surface area contributed by atoms with Crippen LogP contribution < -0.4 is 5.19 Å². The Morgan fingerprint density at radius 3 is 2.76 bits per heavy atom. The zero-order valence-corrected chi connectivity index (χ0v) is 12.1. The third kappa shape index (κ3) is 4.85. The first kappa shape index (κ1) is 14.2. The molecule has 1 aromatic carbocycles. The van der Waals surface area contributed by atoms with Crippen LogP contribution >= 0.6 is 0 Å². The van der Waals surface area contributed by atoms with Crippen LogP contribution in [0.4, 0.5) is 0 Å². The van der Waals surface area contributed by atoms with Gasteiger partial charge in [0.1, 0.15) is 8.80 Å². The molecular weight excluding hydrogens is 226 g/mol. The first-order valence-electron chi connectivity index (χ1n) is 5.97. The number of nitrogens with zero attached hydrogens (tertiary/aromatic N) is 1. The smallest absolute Gasteiger partial charge is 0.132 e. The van der Waals surface area contributed by atoms with E-state index < -0.39 is 8.80 Å². The Morgan fingerprint density at radius 1 is 1.41 bits per heavy atom. The molecule has 0 aromatic heterocycles. The van der Waals surface area contributed by atoms with E-state index in [2.05, 4.69) is 56.8 Å². The molecule has 0 N–H and O–H groups in total. The van der Waals surface area contributed by atoms with Crippen LogP contribution in [0, 0.1) is 0 Å². The minimum atomic E-state index is -0.660. The van der Waals surface area contributed by atoms with Gasteiger partial charge in [0.15, 0.2) is 0 Å². The molecule has 0 aliphatic carbocycles. The van der Waals surface area contributed by atoms with Gasteiger partial charge >= 0.3 is 0 Å². The van der Waals surface area contributed by atoms with E-state index >= 15 is 0 Å². The molecule has 1 rings (SSSR count). The van der Waals surface area contributed by atoms with Crippen molar-refractivity contribution in [2.45, 2.75) is 6.92 Å². The van der Waals surface area contributed by atoms with Crippen LogP contribution in [0.5, 0.6) is 0 Å². The lowest BCUT2D eigenvalue weighted by atomic mass is 10.2. The van der Waals surface area contributed by atoms with Crippen molar-refractivity contribution < 1.29 is 4.74 Å². The van der Waals surface area contributed by atoms with Crippen molar-refractivity contribution in [2.24, 2.45) is 0 Å². The summed E-state index contributed by atoms with van der Waals surface area (Å²) in [4.78, 5) is 2.24. The van der Waals surface area contributed by atoms with Gasteiger partial charge in [0.2, 0.25) is 0 Å². The van der Waals surface area contributed by atoms with E-state index in [9.17, 15) is 0 Å². The monoisotopic (exact) mass is 248 g/mol. The summed E-state index contributed by atoms with van der Waals surface area (Å²) in [6.45, 7) is 6.67. The lowest BCUT2D eigenvalue weighted by Crippen LogP contribution is -2.44. The van der Waals surface area contributed by atoms with Crippen molar-refractivity contribution in [3.8, 4) is 0 Å². The molecule has 0 atom stereocenters. The molecule has 0 unspecified atom stereocenters. The van der Waals surface area contributed by atoms with E-state index in [0.29, 0.717) is 0 Å². The molecular formula is C14H22NOSi. The summed E-state index contributed by atoms with van der Waals surface area (Å²) in [6, 6.07) is 8.65. The normalized spacial score (nSPS) is 11.1. The first-order valence-corrected chi connectivity index (χ1v) is 7.88. The molecule has 0 spiro atoms. The molecule has 17 heavy (non-hydrogen) atoms. The second kappa shape index (κ2) is 7.43. The molecule has 0 amide bonds. The molecule has 0 aliphatic rings. The van der Waals surface area contributed by atoms with Crippen molar-refractivity contribution in [2.75, 3.05) is 33.1 Å². The van der Waals surface area contributed by atoms with Crippen molar-refractivity contribution in [1.29, 1.82) is 0 Å². The summed E-state index contributed by atoms with van der Waals surface area (Å²) >= 11 is 0. The molecule has 0 heterocycles. The molecule has 3 heteroatoms. The van der Waals surface area contributed by atoms with Crippen LogP contribution in [0.25, 0.3) is 6.08 Å². The van der Waals surface area contributed by atoms with Crippen LogP contribution in [-0.4, -0.2) is 46.8 Å². The van der Waals surface area contributed by atoms with Crippen molar-refractivity contribution in [3.05, 3.63) is 36.4 Å². The Labute approximate surface area is 107 Å². The molecule has 0 saturated carbocycles. The van der Waals surface area contributed by atoms with E-state index in [4.69, 9.17) is 4.74 Å². The third-order valence-corrected chi connectivity index (χ3v) is 5.21. The average molecular weight is 248 g/mol. The van der Waals surface area contributed by atoms with Gasteiger partial charge in [0.25, 0.3) is 0 Å². The maximum absolute atomic E-state index is 5.62. The lowest BCUT2D eigenvalue weighted by Gasteiger charge is -2.19. The summed E-state index contributed by atoms with van der Waals surface area (Å²) in [5, 5.41) is 1.43. The summed E-state index contributed by atoms with van der Waals surface area (Å²) < 4.78 is 5.62. The predicted molar refractivity (Wildman–Crippen MR) is 77.0 cm³/mol. The fraction of sp³-hybridized carbons (Fsp3) is 0.429. The summed E-state index contributed by atoms with van der Waals surface area (Å²) in [6.07, 6.45) is 3.88. The molecule has 1 radical (unpaired) electrons. The zero-order valence-electron chi connectivity index (χ0n) is 11.1. The summed E-state index contributed by atoms with van der Waals surface area (Å²) in [5.41, 5.74) is 1.19. The third-order valence-electron chi connectivity index (χ3n) is 2.52. The van der Waals surface area contributed by atoms with Gasteiger partial charge in [-0.25, -0.2) is 0 Å². The van der Waals surface area contributed by atoms with Crippen LogP contribution in [-0.2, 0) is 4.74 Å². The lowest BCUT2D eigenvalue weighted by molar-refractivity contribution is 0.190. The highest BCUT2D eigenvalue weighted by molar-refractivity contribution is 6.73. The Hall–Kier alpha value is -0.903. The van der Waals surface area contributed by atoms with Gasteiger partial charge in [0.05, 0.1) is 0 Å². The second-order valence-electron chi connectivity index (χ2n) is 4.31. The van der Waals surface area contributed by atoms with Crippen LogP contribution in [0.3, 0.4) is 0 Å². The van der Waals surface area contributed by atoms with E-state index in [0.717, 1.165) is 19.0 Å². The minimum Gasteiger partial charge on any atom is -0.385 e. The molecule has 0 bridgehead atoms. The fourth-order valence-corrected chi connectivity index (χ4v) is 4.07. The maximum Gasteiger partial charge on any atom is 0.132 e. The molecule has 0 aliphatic heterocycles. The fourth-order valence-electron chi connectivity index (χ4n) is 1.71. The molecule has 0 saturated heterocycles. The van der Waals surface area contributed by atoms with Gasteiger partial charge in [-0.1, -0.05) is 42.1 Å². The first-order chi connectivity index (χ1) is 8.17. The van der Waals surface area contributed by atoms with E-state index in [1.165, 1.54) is 10.8 Å². The van der Waals surface area contributed by atoms with E-state index in [1.807, 2.05) is 6.08 Å². The second-order valence-corrected chi connectivity index (χ2v) is 6.70. The van der Waals surface area contributed by atoms with Crippen molar-refractivity contribution in [3.63, 3.8) is 0 Å². The highest BCUT2D eigenvalue weighted by Crippen LogP contribution is 2.00. The maximum atomic E-state index is 5.62. The van der Waals surface area contributed by atoms with Crippen molar-refractivity contribution >= 4 is 20.1 Å². The van der Waals surface area contributed by atoms with Crippen LogP contribution in [0.2, 0.25) is 0 Å². The average Bonchev–Trinajstić information content (AvgIpc) is 2.34. The highest BCUT2D eigenvalue weighted by Gasteiger charge is 2.15. The largest absolute Gasteiger partial charge is 0.385 e. The number of rotatable bonds is 7. The number of hydrogen-bond donors (Lipinski definition) is 0. The molecule has 0 fully saturated rings. The van der Waals surface area contributed by atoms with Crippen molar-refractivity contribution in [1.82, 2.24) is 4.90 Å². The summed E-state index contributed by atoms with van der Waals surface area (Å²) in [5.74, 6) is 0. The van der Waals surface area contributed by atoms with Gasteiger partial charge in [-0.05, 0) is 32.8 Å². The Bertz CT molecular complexity index is 352. The molecule has 93 valence electrons. The number of hydrogen-bond acceptors (Lipinski definition) is 2. The SMILES string of the molecule is C=Cc1cccc([Si](COCC)CN(C)C)c1. The molecule has 2 nitrogen and oxygen atoms in total. The molecule has 1 aromatic rings. The van der Waals surface area contributed by atoms with Gasteiger partial charge < -0.3 is 9.64 Å². The Balaban J connectivity index is 2.82. The summed E-state index contributed by atoms with van der Waals surface area (Å²) in [7, 11) is 3.58. The number of benzene rings is 1. The topological polar surface area (TPSA) is 12.5 Å². The van der Waals surface area contributed by atoms with Gasteiger partial charge in [-0.2, -0.15) is 0 Å². The van der Waals surface area contributed by atoms with Crippen LogP contribution in [0.1, 0.15) is 12.5 Å². The zero-order chi connectivity index (χ0) is 12.7. The van der Waals surface area contributed by atoms with Gasteiger partial charge in [0, 0.05) is 12.8 Å².